The third-order valence-corrected chi connectivity index (χ3v) is 6.68. The molecule has 6 heteroatoms. The fourth-order valence-corrected chi connectivity index (χ4v) is 4.57. The minimum Gasteiger partial charge on any atom is -0.393 e. The Labute approximate surface area is 166 Å². The van der Waals surface area contributed by atoms with E-state index >= 15 is 0 Å². The van der Waals surface area contributed by atoms with Gasteiger partial charge in [0.2, 0.25) is 0 Å². The molecular formula is C22H32O6. The zero-order valence-corrected chi connectivity index (χ0v) is 16.7. The van der Waals surface area contributed by atoms with Crippen LogP contribution in [0.15, 0.2) is 47.6 Å². The molecule has 1 heterocycles. The Balaban J connectivity index is 1.75. The molecule has 28 heavy (non-hydrogen) atoms. The van der Waals surface area contributed by atoms with E-state index in [2.05, 4.69) is 6.58 Å². The Hall–Kier alpha value is -1.28. The zero-order valence-electron chi connectivity index (χ0n) is 16.7. The van der Waals surface area contributed by atoms with Gasteiger partial charge < -0.3 is 30.3 Å². The molecule has 0 aromatic carbocycles. The lowest BCUT2D eigenvalue weighted by Crippen LogP contribution is -2.48. The minimum absolute atomic E-state index is 0.0250. The van der Waals surface area contributed by atoms with Crippen molar-refractivity contribution in [2.45, 2.75) is 69.7 Å². The van der Waals surface area contributed by atoms with Crippen LogP contribution in [-0.4, -0.2) is 68.3 Å². The molecule has 7 atom stereocenters. The van der Waals surface area contributed by atoms with Crippen LogP contribution in [0, 0.1) is 11.3 Å². The molecule has 2 fully saturated rings. The average Bonchev–Trinajstić information content (AvgIpc) is 3.39. The van der Waals surface area contributed by atoms with Gasteiger partial charge in [0.15, 0.2) is 5.60 Å². The molecule has 0 spiro atoms. The summed E-state index contributed by atoms with van der Waals surface area (Å²) in [7, 11) is 0. The zero-order chi connectivity index (χ0) is 20.9. The summed E-state index contributed by atoms with van der Waals surface area (Å²) in [5, 5.41) is 50.8. The van der Waals surface area contributed by atoms with E-state index in [-0.39, 0.29) is 17.9 Å². The second-order valence-corrected chi connectivity index (χ2v) is 8.91. The summed E-state index contributed by atoms with van der Waals surface area (Å²) in [4.78, 5) is 0. The summed E-state index contributed by atoms with van der Waals surface area (Å²) in [6.45, 7) is 9.67. The van der Waals surface area contributed by atoms with Gasteiger partial charge in [-0.25, -0.2) is 0 Å². The maximum Gasteiger partial charge on any atom is 0.156 e. The molecule has 0 radical (unpaired) electrons. The first-order chi connectivity index (χ1) is 13.1. The van der Waals surface area contributed by atoms with Crippen LogP contribution in [-0.2, 0) is 4.74 Å². The van der Waals surface area contributed by atoms with Crippen LogP contribution >= 0.6 is 0 Å². The molecule has 1 aliphatic heterocycles. The number of aliphatic hydroxyl groups excluding tert-OH is 5. The highest BCUT2D eigenvalue weighted by molar-refractivity contribution is 5.36. The van der Waals surface area contributed by atoms with Gasteiger partial charge in [-0.1, -0.05) is 49.8 Å². The molecule has 1 saturated heterocycles. The van der Waals surface area contributed by atoms with E-state index in [0.29, 0.717) is 12.0 Å². The van der Waals surface area contributed by atoms with E-state index in [4.69, 9.17) is 4.74 Å². The van der Waals surface area contributed by atoms with E-state index in [1.54, 1.807) is 6.08 Å². The molecule has 5 N–H and O–H groups in total. The highest BCUT2D eigenvalue weighted by atomic mass is 16.6. The van der Waals surface area contributed by atoms with Gasteiger partial charge in [-0.2, -0.15) is 0 Å². The van der Waals surface area contributed by atoms with Crippen LogP contribution in [0.5, 0.6) is 0 Å². The number of hydrogen-bond donors (Lipinski definition) is 5. The second-order valence-electron chi connectivity index (χ2n) is 8.91. The predicted molar refractivity (Wildman–Crippen MR) is 105 cm³/mol. The first-order valence-electron chi connectivity index (χ1n) is 9.81. The standard InChI is InChI=1S/C22H32O6/c1-12(5-7-15-13(2)6-8-16(24)21(15,3)4)9-17(25)22-18(26)10-14(11-23)19(27)20(22)28-22/h5,7,9-10,15-20,23-27H,2,6,8,11H2,1,3-4H3/b7-5+,12-9?/t15-,16+,17-,18-,19+,20-,22+/m0/s1. The average molecular weight is 392 g/mol. The van der Waals surface area contributed by atoms with Crippen LogP contribution in [0.25, 0.3) is 0 Å². The Bertz CT molecular complexity index is 721. The molecule has 3 rings (SSSR count). The molecule has 0 unspecified atom stereocenters. The fourth-order valence-electron chi connectivity index (χ4n) is 4.57. The lowest BCUT2D eigenvalue weighted by molar-refractivity contribution is 0.00704. The van der Waals surface area contributed by atoms with Gasteiger partial charge in [0.1, 0.15) is 24.4 Å². The van der Waals surface area contributed by atoms with Crippen LogP contribution in [0.4, 0.5) is 0 Å². The van der Waals surface area contributed by atoms with Crippen molar-refractivity contribution < 1.29 is 30.3 Å². The van der Waals surface area contributed by atoms with Gasteiger partial charge in [-0.05, 0) is 31.4 Å². The number of rotatable bonds is 5. The van der Waals surface area contributed by atoms with Crippen molar-refractivity contribution in [3.63, 3.8) is 0 Å². The summed E-state index contributed by atoms with van der Waals surface area (Å²) < 4.78 is 5.51. The third kappa shape index (κ3) is 3.43. The summed E-state index contributed by atoms with van der Waals surface area (Å²) in [5.41, 5.74) is 0.561. The molecule has 3 aliphatic rings. The molecule has 0 aromatic heterocycles. The Morgan fingerprint density at radius 3 is 2.68 bits per heavy atom. The predicted octanol–water partition coefficient (Wildman–Crippen LogP) is 0.995. The first kappa shape index (κ1) is 21.4. The monoisotopic (exact) mass is 392 g/mol. The van der Waals surface area contributed by atoms with E-state index in [9.17, 15) is 25.5 Å². The molecule has 6 nitrogen and oxygen atoms in total. The smallest absolute Gasteiger partial charge is 0.156 e. The van der Waals surface area contributed by atoms with Gasteiger partial charge in [0.25, 0.3) is 0 Å². The van der Waals surface area contributed by atoms with E-state index in [1.165, 1.54) is 6.08 Å². The highest BCUT2D eigenvalue weighted by Gasteiger charge is 2.69. The fraction of sp³-hybridized carbons (Fsp3) is 0.636. The van der Waals surface area contributed by atoms with Crippen molar-refractivity contribution in [2.75, 3.05) is 6.61 Å². The molecule has 0 amide bonds. The molecular weight excluding hydrogens is 360 g/mol. The van der Waals surface area contributed by atoms with Crippen molar-refractivity contribution in [2.24, 2.45) is 11.3 Å². The van der Waals surface area contributed by atoms with Gasteiger partial charge in [-0.3, -0.25) is 0 Å². The van der Waals surface area contributed by atoms with Crippen molar-refractivity contribution in [3.8, 4) is 0 Å². The summed E-state index contributed by atoms with van der Waals surface area (Å²) in [6.07, 6.45) is 3.93. The van der Waals surface area contributed by atoms with Gasteiger partial charge >= 0.3 is 0 Å². The lowest BCUT2D eigenvalue weighted by atomic mass is 9.65. The largest absolute Gasteiger partial charge is 0.393 e. The minimum atomic E-state index is -1.28. The van der Waals surface area contributed by atoms with Gasteiger partial charge in [0, 0.05) is 11.3 Å². The number of fused-ring (bicyclic) bond motifs is 1. The number of allylic oxidation sites excluding steroid dienone is 4. The van der Waals surface area contributed by atoms with Crippen LogP contribution in [0.1, 0.15) is 33.6 Å². The maximum atomic E-state index is 10.7. The maximum absolute atomic E-state index is 10.7. The topological polar surface area (TPSA) is 114 Å². The normalized spacial score (nSPS) is 41.6. The van der Waals surface area contributed by atoms with E-state index < -0.39 is 36.1 Å². The van der Waals surface area contributed by atoms with Crippen molar-refractivity contribution in [3.05, 3.63) is 47.6 Å². The number of epoxide rings is 1. The molecule has 1 saturated carbocycles. The number of hydrogen-bond acceptors (Lipinski definition) is 6. The Morgan fingerprint density at radius 1 is 1.36 bits per heavy atom. The summed E-state index contributed by atoms with van der Waals surface area (Å²) in [6, 6.07) is 0. The van der Waals surface area contributed by atoms with Crippen molar-refractivity contribution in [1.82, 2.24) is 0 Å². The summed E-state index contributed by atoms with van der Waals surface area (Å²) >= 11 is 0. The highest BCUT2D eigenvalue weighted by Crippen LogP contribution is 2.50. The second kappa shape index (κ2) is 7.52. The molecule has 2 aliphatic carbocycles. The van der Waals surface area contributed by atoms with Crippen molar-refractivity contribution in [1.29, 1.82) is 0 Å². The molecule has 156 valence electrons. The van der Waals surface area contributed by atoms with Gasteiger partial charge in [-0.15, -0.1) is 0 Å². The van der Waals surface area contributed by atoms with E-state index in [1.807, 2.05) is 32.9 Å². The Morgan fingerprint density at radius 2 is 2.04 bits per heavy atom. The van der Waals surface area contributed by atoms with Crippen LogP contribution in [0.3, 0.4) is 0 Å². The number of ether oxygens (including phenoxy) is 1. The molecule has 0 aromatic rings. The third-order valence-electron chi connectivity index (χ3n) is 6.68. The Kier molecular flexibility index (Phi) is 5.75. The van der Waals surface area contributed by atoms with E-state index in [0.717, 1.165) is 17.6 Å². The number of aliphatic hydroxyl groups is 5. The van der Waals surface area contributed by atoms with Gasteiger partial charge in [0.05, 0.1) is 12.7 Å². The molecule has 0 bridgehead atoms. The van der Waals surface area contributed by atoms with Crippen LogP contribution < -0.4 is 0 Å². The summed E-state index contributed by atoms with van der Waals surface area (Å²) in [5.74, 6) is 0.0250. The quantitative estimate of drug-likeness (QED) is 0.271. The van der Waals surface area contributed by atoms with Crippen molar-refractivity contribution >= 4 is 0 Å². The lowest BCUT2D eigenvalue weighted by Gasteiger charge is -2.42. The van der Waals surface area contributed by atoms with Crippen LogP contribution in [0.2, 0.25) is 0 Å². The first-order valence-corrected chi connectivity index (χ1v) is 9.81. The SMILES string of the molecule is C=C1CC[C@@H](O)C(C)(C)[C@H]1/C=C/C(C)=C[C@H](O)[C@]12O[C@H]1[C@H](O)C(CO)=C[C@@H]2O.